The van der Waals surface area contributed by atoms with Crippen molar-refractivity contribution in [3.05, 3.63) is 0 Å². The largest absolute Gasteiger partial charge is 0.235 e. The molecule has 1 saturated carbocycles. The van der Waals surface area contributed by atoms with Crippen LogP contribution in [0.15, 0.2) is 4.99 Å². The highest BCUT2D eigenvalue weighted by atomic mass is 32.2. The van der Waals surface area contributed by atoms with Crippen LogP contribution in [0.3, 0.4) is 0 Å². The van der Waals surface area contributed by atoms with E-state index in [1.54, 1.807) is 6.08 Å². The van der Waals surface area contributed by atoms with E-state index in [1.165, 1.54) is 0 Å². The van der Waals surface area contributed by atoms with Gasteiger partial charge in [0.1, 0.15) is 0 Å². The molecule has 0 aromatic rings. The van der Waals surface area contributed by atoms with Crippen LogP contribution < -0.4 is 0 Å². The highest BCUT2D eigenvalue weighted by Gasteiger charge is 2.52. The van der Waals surface area contributed by atoms with E-state index in [1.807, 2.05) is 0 Å². The maximum atomic E-state index is 11.6. The van der Waals surface area contributed by atoms with Crippen LogP contribution in [0, 0.1) is 0 Å². The van der Waals surface area contributed by atoms with Crippen molar-refractivity contribution in [2.45, 2.75) is 49.3 Å². The van der Waals surface area contributed by atoms with Gasteiger partial charge in [-0.05, 0) is 19.3 Å². The molecule has 0 N–H and O–H groups in total. The van der Waals surface area contributed by atoms with Gasteiger partial charge in [-0.25, -0.2) is 13.2 Å². The summed E-state index contributed by atoms with van der Waals surface area (Å²) in [7, 11) is -2.98. The summed E-state index contributed by atoms with van der Waals surface area (Å²) in [6, 6.07) is 0. The molecule has 0 bridgehead atoms. The van der Waals surface area contributed by atoms with Gasteiger partial charge in [0.25, 0.3) is 0 Å². The van der Waals surface area contributed by atoms with Crippen LogP contribution in [0.4, 0.5) is 0 Å². The SMILES string of the molecule is O=C=NC1([C@@H]2CCS2(=O)=O)CCCCC1. The van der Waals surface area contributed by atoms with Crippen molar-refractivity contribution in [2.75, 3.05) is 5.75 Å². The van der Waals surface area contributed by atoms with Gasteiger partial charge < -0.3 is 0 Å². The number of rotatable bonds is 2. The van der Waals surface area contributed by atoms with Crippen LogP contribution in [0.2, 0.25) is 0 Å². The Morgan fingerprint density at radius 3 is 2.27 bits per heavy atom. The third-order valence-corrected chi connectivity index (χ3v) is 6.03. The fourth-order valence-electron chi connectivity index (χ4n) is 2.79. The number of carbonyl (C=O) groups excluding carboxylic acids is 1. The maximum absolute atomic E-state index is 11.6. The van der Waals surface area contributed by atoms with Crippen molar-refractivity contribution >= 4 is 15.9 Å². The molecule has 0 aromatic heterocycles. The summed E-state index contributed by atoms with van der Waals surface area (Å²) in [5.74, 6) is 0.258. The Morgan fingerprint density at radius 2 is 1.87 bits per heavy atom. The Balaban J connectivity index is 2.30. The van der Waals surface area contributed by atoms with Gasteiger partial charge in [0.15, 0.2) is 9.84 Å². The van der Waals surface area contributed by atoms with E-state index < -0.39 is 20.6 Å². The van der Waals surface area contributed by atoms with Crippen LogP contribution in [0.25, 0.3) is 0 Å². The molecule has 15 heavy (non-hydrogen) atoms. The molecule has 0 amide bonds. The second kappa shape index (κ2) is 3.72. The van der Waals surface area contributed by atoms with Gasteiger partial charge >= 0.3 is 0 Å². The molecule has 1 saturated heterocycles. The molecule has 1 aliphatic carbocycles. The summed E-state index contributed by atoms with van der Waals surface area (Å²) in [5.41, 5.74) is -0.628. The first kappa shape index (κ1) is 10.8. The Bertz CT molecular complexity index is 389. The lowest BCUT2D eigenvalue weighted by Gasteiger charge is -2.43. The zero-order valence-corrected chi connectivity index (χ0v) is 9.42. The number of hydrogen-bond acceptors (Lipinski definition) is 4. The van der Waals surface area contributed by atoms with Crippen LogP contribution in [-0.2, 0) is 14.6 Å². The van der Waals surface area contributed by atoms with E-state index in [2.05, 4.69) is 4.99 Å². The first-order valence-corrected chi connectivity index (χ1v) is 7.13. The summed E-state index contributed by atoms with van der Waals surface area (Å²) < 4.78 is 23.2. The fraction of sp³-hybridized carbons (Fsp3) is 0.900. The molecule has 4 nitrogen and oxygen atoms in total. The van der Waals surface area contributed by atoms with Crippen LogP contribution in [0.5, 0.6) is 0 Å². The predicted octanol–water partition coefficient (Wildman–Crippen LogP) is 1.21. The smallest absolute Gasteiger partial charge is 0.228 e. The highest BCUT2D eigenvalue weighted by Crippen LogP contribution is 2.42. The number of hydrogen-bond donors (Lipinski definition) is 0. The molecule has 1 atom stereocenters. The fourth-order valence-corrected chi connectivity index (χ4v) is 4.60. The monoisotopic (exact) mass is 229 g/mol. The van der Waals surface area contributed by atoms with E-state index in [9.17, 15) is 13.2 Å². The van der Waals surface area contributed by atoms with E-state index in [0.29, 0.717) is 6.42 Å². The van der Waals surface area contributed by atoms with E-state index in [-0.39, 0.29) is 5.75 Å². The molecule has 1 aliphatic heterocycles. The quantitative estimate of drug-likeness (QED) is 0.528. The first-order chi connectivity index (χ1) is 7.11. The van der Waals surface area contributed by atoms with Crippen molar-refractivity contribution in [2.24, 2.45) is 4.99 Å². The number of nitrogens with zero attached hydrogens (tertiary/aromatic N) is 1. The molecule has 2 fully saturated rings. The lowest BCUT2D eigenvalue weighted by Crippen LogP contribution is -2.54. The molecule has 2 aliphatic rings. The Kier molecular flexibility index (Phi) is 2.69. The third-order valence-electron chi connectivity index (χ3n) is 3.69. The zero-order chi connectivity index (χ0) is 10.9. The summed E-state index contributed by atoms with van der Waals surface area (Å²) in [5, 5.41) is -0.410. The van der Waals surface area contributed by atoms with Gasteiger partial charge in [0.2, 0.25) is 6.08 Å². The second-order valence-corrected chi connectivity index (χ2v) is 6.81. The molecule has 84 valence electrons. The summed E-state index contributed by atoms with van der Waals surface area (Å²) in [6.07, 6.45) is 6.75. The minimum Gasteiger partial charge on any atom is -0.228 e. The Labute approximate surface area is 89.7 Å². The molecule has 0 spiro atoms. The minimum absolute atomic E-state index is 0.258. The third kappa shape index (κ3) is 1.74. The van der Waals surface area contributed by atoms with Crippen molar-refractivity contribution in [1.29, 1.82) is 0 Å². The van der Waals surface area contributed by atoms with Crippen LogP contribution in [-0.4, -0.2) is 31.0 Å². The number of sulfone groups is 1. The van der Waals surface area contributed by atoms with Crippen molar-refractivity contribution < 1.29 is 13.2 Å². The number of isocyanates is 1. The molecule has 0 unspecified atom stereocenters. The molecular formula is C10H15NO3S. The van der Waals surface area contributed by atoms with E-state index in [4.69, 9.17) is 0 Å². The lowest BCUT2D eigenvalue weighted by atomic mass is 9.78. The summed E-state index contributed by atoms with van der Waals surface area (Å²) >= 11 is 0. The van der Waals surface area contributed by atoms with Crippen molar-refractivity contribution in [3.8, 4) is 0 Å². The molecular weight excluding hydrogens is 214 g/mol. The van der Waals surface area contributed by atoms with Crippen molar-refractivity contribution in [1.82, 2.24) is 0 Å². The molecule has 0 aromatic carbocycles. The lowest BCUT2D eigenvalue weighted by molar-refractivity contribution is 0.269. The Morgan fingerprint density at radius 1 is 1.20 bits per heavy atom. The van der Waals surface area contributed by atoms with Gasteiger partial charge in [-0.15, -0.1) is 0 Å². The topological polar surface area (TPSA) is 63.6 Å². The standard InChI is InChI=1S/C10H15NO3S/c12-8-11-10(5-2-1-3-6-10)9-4-7-15(9,13)14/h9H,1-7H2/t9-/m0/s1. The van der Waals surface area contributed by atoms with Crippen LogP contribution >= 0.6 is 0 Å². The van der Waals surface area contributed by atoms with E-state index >= 15 is 0 Å². The number of aliphatic imine (C=N–C) groups is 1. The normalized spacial score (nSPS) is 32.4. The van der Waals surface area contributed by atoms with E-state index in [0.717, 1.165) is 32.1 Å². The van der Waals surface area contributed by atoms with Gasteiger partial charge in [0.05, 0.1) is 16.5 Å². The second-order valence-electron chi connectivity index (χ2n) is 4.51. The predicted molar refractivity (Wildman–Crippen MR) is 56.1 cm³/mol. The maximum Gasteiger partial charge on any atom is 0.235 e. The average molecular weight is 229 g/mol. The van der Waals surface area contributed by atoms with Gasteiger partial charge in [-0.2, -0.15) is 4.99 Å². The molecule has 2 rings (SSSR count). The zero-order valence-electron chi connectivity index (χ0n) is 8.61. The molecule has 1 heterocycles. The minimum atomic E-state index is -2.98. The van der Waals surface area contributed by atoms with Crippen LogP contribution in [0.1, 0.15) is 38.5 Å². The summed E-state index contributed by atoms with van der Waals surface area (Å²) in [6.45, 7) is 0. The Hall–Kier alpha value is -0.670. The van der Waals surface area contributed by atoms with Gasteiger partial charge in [0, 0.05) is 0 Å². The first-order valence-electron chi connectivity index (χ1n) is 5.41. The highest BCUT2D eigenvalue weighted by molar-refractivity contribution is 7.93. The summed E-state index contributed by atoms with van der Waals surface area (Å²) in [4.78, 5) is 14.3. The average Bonchev–Trinajstić information content (AvgIpc) is 2.18. The van der Waals surface area contributed by atoms with Gasteiger partial charge in [-0.1, -0.05) is 19.3 Å². The van der Waals surface area contributed by atoms with Gasteiger partial charge in [-0.3, -0.25) is 0 Å². The molecule has 0 radical (unpaired) electrons. The van der Waals surface area contributed by atoms with Crippen molar-refractivity contribution in [3.63, 3.8) is 0 Å². The molecule has 5 heteroatoms.